The third-order valence-electron chi connectivity index (χ3n) is 6.35. The Morgan fingerprint density at radius 2 is 1.69 bits per heavy atom. The number of aromatic nitrogens is 2. The van der Waals surface area contributed by atoms with Crippen LogP contribution >= 0.6 is 0 Å². The first-order valence-corrected chi connectivity index (χ1v) is 12.7. The lowest BCUT2D eigenvalue weighted by Gasteiger charge is -2.35. The molecule has 0 aliphatic carbocycles. The minimum absolute atomic E-state index is 0.319. The van der Waals surface area contributed by atoms with Crippen molar-refractivity contribution in [3.05, 3.63) is 72.1 Å². The number of carbonyl (C=O) groups excluding carboxylic acids is 1. The van der Waals surface area contributed by atoms with E-state index in [-0.39, 0.29) is 0 Å². The van der Waals surface area contributed by atoms with Crippen molar-refractivity contribution in [2.45, 2.75) is 38.5 Å². The van der Waals surface area contributed by atoms with Crippen molar-refractivity contribution in [3.63, 3.8) is 0 Å². The number of piperazine rings is 1. The number of benzene rings is 2. The van der Waals surface area contributed by atoms with E-state index >= 15 is 0 Å². The summed E-state index contributed by atoms with van der Waals surface area (Å²) in [5, 5.41) is 9.95. The maximum absolute atomic E-state index is 12.9. The lowest BCUT2D eigenvalue weighted by Crippen LogP contribution is -2.45. The first-order valence-electron chi connectivity index (χ1n) is 12.7. The van der Waals surface area contributed by atoms with E-state index < -0.39 is 11.9 Å². The van der Waals surface area contributed by atoms with Gasteiger partial charge >= 0.3 is 5.97 Å². The van der Waals surface area contributed by atoms with Crippen LogP contribution in [0.15, 0.2) is 60.8 Å². The van der Waals surface area contributed by atoms with Crippen LogP contribution < -0.4 is 4.90 Å². The molecule has 1 aliphatic rings. The van der Waals surface area contributed by atoms with Gasteiger partial charge in [-0.2, -0.15) is 5.26 Å². The lowest BCUT2D eigenvalue weighted by molar-refractivity contribution is -0.144. The zero-order chi connectivity index (χ0) is 25.2. The highest BCUT2D eigenvalue weighted by Gasteiger charge is 2.31. The molecule has 7 heteroatoms. The van der Waals surface area contributed by atoms with Crippen LogP contribution in [0.5, 0.6) is 0 Å². The van der Waals surface area contributed by atoms with Crippen LogP contribution in [0.2, 0.25) is 0 Å². The molecule has 7 nitrogen and oxygen atoms in total. The molecule has 0 N–H and O–H groups in total. The molecule has 1 fully saturated rings. The number of para-hydroxylation sites is 2. The highest BCUT2D eigenvalue weighted by Crippen LogP contribution is 2.29. The Morgan fingerprint density at radius 3 is 2.39 bits per heavy atom. The quantitative estimate of drug-likeness (QED) is 0.291. The van der Waals surface area contributed by atoms with E-state index in [0.717, 1.165) is 49.9 Å². The predicted molar refractivity (Wildman–Crippen MR) is 142 cm³/mol. The van der Waals surface area contributed by atoms with Gasteiger partial charge in [-0.15, -0.1) is 0 Å². The molecule has 1 saturated heterocycles. The summed E-state index contributed by atoms with van der Waals surface area (Å²) in [4.78, 5) is 26.9. The van der Waals surface area contributed by atoms with E-state index in [2.05, 4.69) is 47.2 Å². The van der Waals surface area contributed by atoms with E-state index in [9.17, 15) is 10.1 Å². The average Bonchev–Trinajstić information content (AvgIpc) is 2.93. The van der Waals surface area contributed by atoms with Gasteiger partial charge in [-0.1, -0.05) is 68.7 Å². The van der Waals surface area contributed by atoms with Crippen LogP contribution in [0, 0.1) is 11.3 Å². The van der Waals surface area contributed by atoms with Gasteiger partial charge in [0.2, 0.25) is 0 Å². The summed E-state index contributed by atoms with van der Waals surface area (Å²) >= 11 is 0. The molecular formula is C29H33N5O2. The van der Waals surface area contributed by atoms with Crippen LogP contribution in [-0.4, -0.2) is 53.6 Å². The van der Waals surface area contributed by atoms with Gasteiger partial charge in [0, 0.05) is 26.2 Å². The summed E-state index contributed by atoms with van der Waals surface area (Å²) in [6, 6.07) is 19.9. The number of esters is 1. The number of nitrogens with zero attached hydrogens (tertiary/aromatic N) is 5. The topological polar surface area (TPSA) is 82.3 Å². The molecule has 4 rings (SSSR count). The minimum atomic E-state index is -1.11. The Bertz CT molecular complexity index is 1210. The number of unbranched alkanes of at least 4 members (excludes halogenated alkanes) is 3. The summed E-state index contributed by atoms with van der Waals surface area (Å²) in [7, 11) is 0. The number of fused-ring (bicyclic) bond motifs is 1. The van der Waals surface area contributed by atoms with Crippen molar-refractivity contribution in [1.29, 1.82) is 5.26 Å². The van der Waals surface area contributed by atoms with E-state index in [1.54, 1.807) is 0 Å². The largest absolute Gasteiger partial charge is 0.464 e. The van der Waals surface area contributed by atoms with Gasteiger partial charge in [0.1, 0.15) is 5.69 Å². The minimum Gasteiger partial charge on any atom is -0.464 e. The number of anilines is 1. The molecule has 2 heterocycles. The smallest absolute Gasteiger partial charge is 0.329 e. The molecule has 0 amide bonds. The SMILES string of the molecule is CCCCCCOC(=O)C(C#N)c1nc2ccccc2nc1N1CCN(C=Cc2ccccc2)CC1. The Morgan fingerprint density at radius 1 is 1.00 bits per heavy atom. The number of hydrogen-bond acceptors (Lipinski definition) is 7. The molecule has 186 valence electrons. The summed E-state index contributed by atoms with van der Waals surface area (Å²) < 4.78 is 5.48. The Hall–Kier alpha value is -3.92. The van der Waals surface area contributed by atoms with Gasteiger partial charge in [0.25, 0.3) is 0 Å². The molecule has 0 saturated carbocycles. The van der Waals surface area contributed by atoms with Crippen LogP contribution in [0.25, 0.3) is 17.1 Å². The first kappa shape index (κ1) is 25.2. The zero-order valence-corrected chi connectivity index (χ0v) is 20.8. The van der Waals surface area contributed by atoms with E-state index in [1.165, 1.54) is 0 Å². The Kier molecular flexibility index (Phi) is 8.87. The van der Waals surface area contributed by atoms with E-state index in [0.29, 0.717) is 36.7 Å². The molecule has 36 heavy (non-hydrogen) atoms. The summed E-state index contributed by atoms with van der Waals surface area (Å²) in [5.41, 5.74) is 2.94. The fourth-order valence-electron chi connectivity index (χ4n) is 4.28. The molecule has 0 radical (unpaired) electrons. The second kappa shape index (κ2) is 12.7. The number of rotatable bonds is 10. The third kappa shape index (κ3) is 6.39. The molecule has 2 aromatic carbocycles. The summed E-state index contributed by atoms with van der Waals surface area (Å²) in [5.74, 6) is -1.07. The molecule has 1 aliphatic heterocycles. The molecule has 1 unspecified atom stereocenters. The monoisotopic (exact) mass is 483 g/mol. The normalized spacial score (nSPS) is 14.7. The Balaban J connectivity index is 1.51. The standard InChI is InChI=1S/C29H33N5O2/c1-2-3-4-10-21-36-29(35)24(22-30)27-28(32-26-14-9-8-13-25(26)31-27)34-19-17-33(18-20-34)16-15-23-11-6-5-7-12-23/h5-9,11-16,24H,2-4,10,17-21H2,1H3. The molecule has 0 bridgehead atoms. The third-order valence-corrected chi connectivity index (χ3v) is 6.35. The fourth-order valence-corrected chi connectivity index (χ4v) is 4.28. The first-order chi connectivity index (χ1) is 17.7. The summed E-state index contributed by atoms with van der Waals surface area (Å²) in [6.07, 6.45) is 8.25. The van der Waals surface area contributed by atoms with Crippen molar-refractivity contribution in [3.8, 4) is 6.07 Å². The number of ether oxygens (including phenoxy) is 1. The number of nitriles is 1. The van der Waals surface area contributed by atoms with Gasteiger partial charge < -0.3 is 14.5 Å². The van der Waals surface area contributed by atoms with Gasteiger partial charge in [-0.25, -0.2) is 9.97 Å². The van der Waals surface area contributed by atoms with E-state index in [4.69, 9.17) is 14.7 Å². The maximum Gasteiger partial charge on any atom is 0.329 e. The van der Waals surface area contributed by atoms with Crippen LogP contribution in [-0.2, 0) is 9.53 Å². The molecule has 0 spiro atoms. The van der Waals surface area contributed by atoms with Crippen molar-refractivity contribution in [2.75, 3.05) is 37.7 Å². The predicted octanol–water partition coefficient (Wildman–Crippen LogP) is 5.15. The van der Waals surface area contributed by atoms with Gasteiger partial charge in [-0.05, 0) is 36.4 Å². The van der Waals surface area contributed by atoms with Gasteiger partial charge in [0.05, 0.1) is 23.7 Å². The summed E-state index contributed by atoms with van der Waals surface area (Å²) in [6.45, 7) is 5.48. The maximum atomic E-state index is 12.9. The average molecular weight is 484 g/mol. The van der Waals surface area contributed by atoms with Crippen LogP contribution in [0.1, 0.15) is 49.8 Å². The fraction of sp³-hybridized carbons (Fsp3) is 0.379. The lowest BCUT2D eigenvalue weighted by atomic mass is 10.1. The highest BCUT2D eigenvalue weighted by molar-refractivity contribution is 5.85. The Labute approximate surface area is 213 Å². The van der Waals surface area contributed by atoms with Crippen molar-refractivity contribution in [2.24, 2.45) is 0 Å². The molecular weight excluding hydrogens is 450 g/mol. The second-order valence-electron chi connectivity index (χ2n) is 8.96. The second-order valence-corrected chi connectivity index (χ2v) is 8.96. The van der Waals surface area contributed by atoms with E-state index in [1.807, 2.05) is 42.5 Å². The molecule has 3 aromatic rings. The van der Waals surface area contributed by atoms with Crippen LogP contribution in [0.4, 0.5) is 5.82 Å². The van der Waals surface area contributed by atoms with Crippen molar-refractivity contribution >= 4 is 28.9 Å². The molecule has 1 aromatic heterocycles. The van der Waals surface area contributed by atoms with Crippen molar-refractivity contribution < 1.29 is 9.53 Å². The van der Waals surface area contributed by atoms with Gasteiger partial charge in [0.15, 0.2) is 11.7 Å². The molecule has 1 atom stereocenters. The number of carbonyl (C=O) groups is 1. The zero-order valence-electron chi connectivity index (χ0n) is 20.8. The highest BCUT2D eigenvalue weighted by atomic mass is 16.5. The van der Waals surface area contributed by atoms with Gasteiger partial charge in [-0.3, -0.25) is 4.79 Å². The van der Waals surface area contributed by atoms with Crippen LogP contribution in [0.3, 0.4) is 0 Å². The number of hydrogen-bond donors (Lipinski definition) is 0. The van der Waals surface area contributed by atoms with Crippen molar-refractivity contribution in [1.82, 2.24) is 14.9 Å².